The number of carbonyl (C=O) groups is 2. The van der Waals surface area contributed by atoms with Gasteiger partial charge in [0.25, 0.3) is 5.91 Å². The number of ether oxygens (including phenoxy) is 1. The summed E-state index contributed by atoms with van der Waals surface area (Å²) in [7, 11) is 0. The largest absolute Gasteiger partial charge is 0.449 e. The molecule has 1 heterocycles. The first-order valence-corrected chi connectivity index (χ1v) is 8.28. The Morgan fingerprint density at radius 3 is 2.62 bits per heavy atom. The molecule has 1 aromatic rings. The molecule has 0 saturated heterocycles. The maximum Gasteiger partial charge on any atom is 0.340 e. The fraction of sp³-hybridized carbons (Fsp3) is 0.625. The fourth-order valence-corrected chi connectivity index (χ4v) is 3.53. The lowest BCUT2D eigenvalue weighted by Gasteiger charge is -2.23. The molecule has 0 bridgehead atoms. The van der Waals surface area contributed by atoms with Gasteiger partial charge in [-0.15, -0.1) is 11.3 Å². The summed E-state index contributed by atoms with van der Waals surface area (Å²) in [6, 6.07) is 0. The standard InChI is InChI=1S/C16H23NO3S/c1-10(14(18)17-16(2,3)4)20-15(19)12-9-21-13-8-6-5-7-11(12)13/h9-10H,5-8H2,1-4H3,(H,17,18)/t10-/m1/s1. The van der Waals surface area contributed by atoms with E-state index in [1.807, 2.05) is 26.2 Å². The second-order valence-electron chi connectivity index (χ2n) is 6.55. The van der Waals surface area contributed by atoms with Crippen molar-refractivity contribution in [2.24, 2.45) is 0 Å². The molecule has 1 aromatic heterocycles. The molecule has 0 radical (unpaired) electrons. The number of carbonyl (C=O) groups excluding carboxylic acids is 2. The SMILES string of the molecule is C[C@@H](OC(=O)c1csc2c1CCCC2)C(=O)NC(C)(C)C. The van der Waals surface area contributed by atoms with Gasteiger partial charge < -0.3 is 10.1 Å². The smallest absolute Gasteiger partial charge is 0.340 e. The molecule has 0 saturated carbocycles. The van der Waals surface area contributed by atoms with Crippen LogP contribution in [0.4, 0.5) is 0 Å². The van der Waals surface area contributed by atoms with Crippen molar-refractivity contribution in [3.05, 3.63) is 21.4 Å². The molecule has 0 spiro atoms. The molecule has 1 atom stereocenters. The first-order valence-electron chi connectivity index (χ1n) is 7.40. The number of rotatable bonds is 3. The van der Waals surface area contributed by atoms with Crippen LogP contribution < -0.4 is 5.32 Å². The minimum Gasteiger partial charge on any atom is -0.449 e. The first kappa shape index (κ1) is 16.0. The number of hydrogen-bond acceptors (Lipinski definition) is 4. The third-order valence-corrected chi connectivity index (χ3v) is 4.52. The Kier molecular flexibility index (Phi) is 4.71. The van der Waals surface area contributed by atoms with Gasteiger partial charge in [0, 0.05) is 15.8 Å². The molecule has 0 aromatic carbocycles. The summed E-state index contributed by atoms with van der Waals surface area (Å²) in [5.41, 5.74) is 1.43. The zero-order chi connectivity index (χ0) is 15.6. The van der Waals surface area contributed by atoms with Crippen molar-refractivity contribution in [3.63, 3.8) is 0 Å². The molecule has 21 heavy (non-hydrogen) atoms. The van der Waals surface area contributed by atoms with Crippen LogP contribution in [0, 0.1) is 0 Å². The Morgan fingerprint density at radius 1 is 1.29 bits per heavy atom. The molecule has 1 N–H and O–H groups in total. The molecule has 0 unspecified atom stereocenters. The topological polar surface area (TPSA) is 55.4 Å². The number of hydrogen-bond donors (Lipinski definition) is 1. The van der Waals surface area contributed by atoms with Crippen LogP contribution in [0.5, 0.6) is 0 Å². The highest BCUT2D eigenvalue weighted by molar-refractivity contribution is 7.10. The van der Waals surface area contributed by atoms with Gasteiger partial charge >= 0.3 is 5.97 Å². The van der Waals surface area contributed by atoms with E-state index in [2.05, 4.69) is 5.32 Å². The van der Waals surface area contributed by atoms with Gasteiger partial charge in [-0.25, -0.2) is 4.79 Å². The van der Waals surface area contributed by atoms with Gasteiger partial charge in [0.05, 0.1) is 5.56 Å². The minimum absolute atomic E-state index is 0.264. The molecule has 2 rings (SSSR count). The molecule has 5 heteroatoms. The number of thiophene rings is 1. The van der Waals surface area contributed by atoms with Crippen LogP contribution in [0.3, 0.4) is 0 Å². The quantitative estimate of drug-likeness (QED) is 0.873. The summed E-state index contributed by atoms with van der Waals surface area (Å²) in [5, 5.41) is 4.69. The Hall–Kier alpha value is -1.36. The summed E-state index contributed by atoms with van der Waals surface area (Å²) in [6.07, 6.45) is 3.51. The fourth-order valence-electron chi connectivity index (χ4n) is 2.41. The Labute approximate surface area is 129 Å². The van der Waals surface area contributed by atoms with E-state index >= 15 is 0 Å². The number of esters is 1. The summed E-state index contributed by atoms with van der Waals surface area (Å²) in [5.74, 6) is -0.647. The maximum atomic E-state index is 12.3. The van der Waals surface area contributed by atoms with Crippen molar-refractivity contribution in [2.75, 3.05) is 0 Å². The van der Waals surface area contributed by atoms with Crippen LogP contribution in [-0.2, 0) is 22.4 Å². The number of fused-ring (bicyclic) bond motifs is 1. The average Bonchev–Trinajstić information content (AvgIpc) is 2.80. The molecule has 116 valence electrons. The van der Waals surface area contributed by atoms with Gasteiger partial charge in [-0.2, -0.15) is 0 Å². The van der Waals surface area contributed by atoms with Gasteiger partial charge in [0.2, 0.25) is 0 Å². The molecule has 1 amide bonds. The van der Waals surface area contributed by atoms with E-state index in [9.17, 15) is 9.59 Å². The zero-order valence-corrected chi connectivity index (χ0v) is 13.9. The van der Waals surface area contributed by atoms with Crippen molar-refractivity contribution >= 4 is 23.2 Å². The van der Waals surface area contributed by atoms with Crippen molar-refractivity contribution in [2.45, 2.75) is 65.0 Å². The molecule has 4 nitrogen and oxygen atoms in total. The van der Waals surface area contributed by atoms with Crippen LogP contribution >= 0.6 is 11.3 Å². The normalized spacial score (nSPS) is 16.0. The van der Waals surface area contributed by atoms with Crippen molar-refractivity contribution in [1.29, 1.82) is 0 Å². The molecule has 0 fully saturated rings. The summed E-state index contributed by atoms with van der Waals surface area (Å²) in [4.78, 5) is 25.5. The molecular formula is C16H23NO3S. The minimum atomic E-state index is -0.782. The van der Waals surface area contributed by atoms with E-state index in [-0.39, 0.29) is 17.4 Å². The molecule has 1 aliphatic rings. The van der Waals surface area contributed by atoms with Crippen LogP contribution in [0.2, 0.25) is 0 Å². The lowest BCUT2D eigenvalue weighted by Crippen LogP contribution is -2.46. The highest BCUT2D eigenvalue weighted by atomic mass is 32.1. The van der Waals surface area contributed by atoms with Crippen LogP contribution in [-0.4, -0.2) is 23.5 Å². The van der Waals surface area contributed by atoms with Gasteiger partial charge in [-0.05, 0) is 58.9 Å². The van der Waals surface area contributed by atoms with E-state index in [1.165, 1.54) is 11.3 Å². The number of aryl methyl sites for hydroxylation is 1. The van der Waals surface area contributed by atoms with Gasteiger partial charge in [0.15, 0.2) is 6.10 Å². The van der Waals surface area contributed by atoms with E-state index in [4.69, 9.17) is 4.74 Å². The van der Waals surface area contributed by atoms with Gasteiger partial charge in [-0.1, -0.05) is 0 Å². The van der Waals surface area contributed by atoms with Crippen LogP contribution in [0.15, 0.2) is 5.38 Å². The summed E-state index contributed by atoms with van der Waals surface area (Å²) in [6.45, 7) is 7.30. The van der Waals surface area contributed by atoms with Crippen LogP contribution in [0.1, 0.15) is 61.3 Å². The molecule has 0 aliphatic heterocycles. The van der Waals surface area contributed by atoms with Gasteiger partial charge in [0.1, 0.15) is 0 Å². The number of amides is 1. The van der Waals surface area contributed by atoms with E-state index in [0.29, 0.717) is 5.56 Å². The Morgan fingerprint density at radius 2 is 1.95 bits per heavy atom. The lowest BCUT2D eigenvalue weighted by atomic mass is 9.96. The van der Waals surface area contributed by atoms with Crippen LogP contribution in [0.25, 0.3) is 0 Å². The van der Waals surface area contributed by atoms with Crippen molar-refractivity contribution < 1.29 is 14.3 Å². The average molecular weight is 309 g/mol. The monoisotopic (exact) mass is 309 g/mol. The predicted octanol–water partition coefficient (Wildman–Crippen LogP) is 3.09. The Balaban J connectivity index is 2.01. The van der Waals surface area contributed by atoms with Crippen molar-refractivity contribution in [3.8, 4) is 0 Å². The maximum absolute atomic E-state index is 12.3. The predicted molar refractivity (Wildman–Crippen MR) is 83.7 cm³/mol. The lowest BCUT2D eigenvalue weighted by molar-refractivity contribution is -0.130. The second-order valence-corrected chi connectivity index (χ2v) is 7.51. The first-order chi connectivity index (χ1) is 9.78. The third-order valence-electron chi connectivity index (χ3n) is 3.43. The highest BCUT2D eigenvalue weighted by Crippen LogP contribution is 2.30. The summed E-state index contributed by atoms with van der Waals surface area (Å²) >= 11 is 1.62. The second kappa shape index (κ2) is 6.18. The molecule has 1 aliphatic carbocycles. The van der Waals surface area contributed by atoms with Gasteiger partial charge in [-0.3, -0.25) is 4.79 Å². The Bertz CT molecular complexity index is 542. The van der Waals surface area contributed by atoms with Crippen molar-refractivity contribution in [1.82, 2.24) is 5.32 Å². The van der Waals surface area contributed by atoms with E-state index < -0.39 is 6.10 Å². The molecular weight excluding hydrogens is 286 g/mol. The highest BCUT2D eigenvalue weighted by Gasteiger charge is 2.26. The third kappa shape index (κ3) is 4.06. The zero-order valence-electron chi connectivity index (χ0n) is 13.1. The van der Waals surface area contributed by atoms with E-state index in [0.717, 1.165) is 24.8 Å². The number of nitrogens with one attached hydrogen (secondary N) is 1. The summed E-state index contributed by atoms with van der Waals surface area (Å²) < 4.78 is 5.32. The van der Waals surface area contributed by atoms with E-state index in [1.54, 1.807) is 18.3 Å².